The number of nitrogens with zero attached hydrogens (tertiary/aromatic N) is 2. The second-order valence-corrected chi connectivity index (χ2v) is 3.35. The standard InChI is InChI=1S/C8H15N3OS/c1-2-3-4-5-11-7(6-12)9-10-8(11)13/h12H,2-6H2,1H3,(H,10,13). The zero-order chi connectivity index (χ0) is 9.68. The molecule has 0 aliphatic heterocycles. The molecule has 1 rings (SSSR count). The summed E-state index contributed by atoms with van der Waals surface area (Å²) in [5.41, 5.74) is 0. The molecule has 0 amide bonds. The first kappa shape index (κ1) is 10.4. The van der Waals surface area contributed by atoms with Crippen LogP contribution in [0.2, 0.25) is 0 Å². The van der Waals surface area contributed by atoms with Crippen LogP contribution in [0.1, 0.15) is 32.0 Å². The van der Waals surface area contributed by atoms with Gasteiger partial charge in [0.15, 0.2) is 10.6 Å². The van der Waals surface area contributed by atoms with Crippen molar-refractivity contribution in [2.45, 2.75) is 39.3 Å². The molecule has 1 aromatic heterocycles. The lowest BCUT2D eigenvalue weighted by molar-refractivity contribution is 0.264. The van der Waals surface area contributed by atoms with Crippen molar-refractivity contribution in [3.05, 3.63) is 10.6 Å². The zero-order valence-corrected chi connectivity index (χ0v) is 8.60. The van der Waals surface area contributed by atoms with Gasteiger partial charge in [0.2, 0.25) is 0 Å². The number of H-pyrrole nitrogens is 1. The molecule has 2 N–H and O–H groups in total. The molecular weight excluding hydrogens is 186 g/mol. The van der Waals surface area contributed by atoms with Gasteiger partial charge < -0.3 is 9.67 Å². The average Bonchev–Trinajstić information content (AvgIpc) is 2.48. The van der Waals surface area contributed by atoms with E-state index in [2.05, 4.69) is 17.1 Å². The van der Waals surface area contributed by atoms with Gasteiger partial charge in [0.25, 0.3) is 0 Å². The van der Waals surface area contributed by atoms with Gasteiger partial charge in [-0.05, 0) is 18.6 Å². The predicted octanol–water partition coefficient (Wildman–Crippen LogP) is 1.62. The summed E-state index contributed by atoms with van der Waals surface area (Å²) in [6, 6.07) is 0. The van der Waals surface area contributed by atoms with E-state index < -0.39 is 0 Å². The van der Waals surface area contributed by atoms with Gasteiger partial charge in [0.1, 0.15) is 6.61 Å². The van der Waals surface area contributed by atoms with Gasteiger partial charge in [0.05, 0.1) is 0 Å². The van der Waals surface area contributed by atoms with Crippen molar-refractivity contribution in [3.8, 4) is 0 Å². The zero-order valence-electron chi connectivity index (χ0n) is 7.79. The third kappa shape index (κ3) is 2.63. The van der Waals surface area contributed by atoms with Gasteiger partial charge in [-0.2, -0.15) is 5.10 Å². The van der Waals surface area contributed by atoms with E-state index in [0.717, 1.165) is 13.0 Å². The molecule has 0 bridgehead atoms. The van der Waals surface area contributed by atoms with E-state index in [1.54, 1.807) is 0 Å². The number of aliphatic hydroxyl groups is 1. The number of hydrogen-bond acceptors (Lipinski definition) is 3. The number of aliphatic hydroxyl groups excluding tert-OH is 1. The number of aromatic amines is 1. The van der Waals surface area contributed by atoms with Crippen LogP contribution < -0.4 is 0 Å². The first-order chi connectivity index (χ1) is 6.29. The molecule has 5 heteroatoms. The van der Waals surface area contributed by atoms with Gasteiger partial charge in [-0.15, -0.1) is 0 Å². The maximum absolute atomic E-state index is 8.94. The van der Waals surface area contributed by atoms with Gasteiger partial charge in [-0.3, -0.25) is 5.10 Å². The Morgan fingerprint density at radius 1 is 1.54 bits per heavy atom. The molecule has 0 aliphatic carbocycles. The summed E-state index contributed by atoms with van der Waals surface area (Å²) in [7, 11) is 0. The first-order valence-corrected chi connectivity index (χ1v) is 4.95. The average molecular weight is 201 g/mol. The summed E-state index contributed by atoms with van der Waals surface area (Å²) in [5, 5.41) is 15.5. The van der Waals surface area contributed by atoms with Crippen LogP contribution >= 0.6 is 12.2 Å². The molecule has 0 radical (unpaired) electrons. The van der Waals surface area contributed by atoms with Crippen molar-refractivity contribution < 1.29 is 5.11 Å². The molecule has 0 atom stereocenters. The van der Waals surface area contributed by atoms with Crippen LogP contribution in [0.3, 0.4) is 0 Å². The molecule has 0 unspecified atom stereocenters. The Balaban J connectivity index is 2.63. The van der Waals surface area contributed by atoms with Crippen molar-refractivity contribution in [1.82, 2.24) is 14.8 Å². The van der Waals surface area contributed by atoms with Crippen LogP contribution in [0.5, 0.6) is 0 Å². The SMILES string of the molecule is CCCCCn1c(CO)n[nH]c1=S. The summed E-state index contributed by atoms with van der Waals surface area (Å²) in [4.78, 5) is 0. The highest BCUT2D eigenvalue weighted by Gasteiger charge is 2.02. The first-order valence-electron chi connectivity index (χ1n) is 4.54. The Bertz CT molecular complexity index is 305. The maximum atomic E-state index is 8.94. The van der Waals surface area contributed by atoms with Crippen LogP contribution in [0.25, 0.3) is 0 Å². The molecular formula is C8H15N3OS. The Kier molecular flexibility index (Phi) is 4.11. The quantitative estimate of drug-likeness (QED) is 0.562. The van der Waals surface area contributed by atoms with Crippen molar-refractivity contribution in [2.75, 3.05) is 0 Å². The molecule has 0 aromatic carbocycles. The Hall–Kier alpha value is -0.680. The van der Waals surface area contributed by atoms with Crippen molar-refractivity contribution in [1.29, 1.82) is 0 Å². The summed E-state index contributed by atoms with van der Waals surface area (Å²) in [5.74, 6) is 0.626. The molecule has 0 fully saturated rings. The van der Waals surface area contributed by atoms with Crippen molar-refractivity contribution in [2.24, 2.45) is 0 Å². The molecule has 74 valence electrons. The summed E-state index contributed by atoms with van der Waals surface area (Å²) in [6.45, 7) is 2.94. The molecule has 0 saturated carbocycles. The van der Waals surface area contributed by atoms with Gasteiger partial charge in [0, 0.05) is 6.54 Å². The van der Waals surface area contributed by atoms with Crippen molar-refractivity contribution in [3.63, 3.8) is 0 Å². The van der Waals surface area contributed by atoms with Crippen LogP contribution in [-0.2, 0) is 13.2 Å². The second kappa shape index (κ2) is 5.14. The minimum absolute atomic E-state index is 0.0563. The van der Waals surface area contributed by atoms with Gasteiger partial charge in [-0.25, -0.2) is 0 Å². The molecule has 1 aromatic rings. The Morgan fingerprint density at radius 3 is 2.92 bits per heavy atom. The summed E-state index contributed by atoms with van der Waals surface area (Å²) in [6.07, 6.45) is 3.44. The van der Waals surface area contributed by atoms with Crippen LogP contribution in [0, 0.1) is 4.77 Å². The monoisotopic (exact) mass is 201 g/mol. The van der Waals surface area contributed by atoms with E-state index in [4.69, 9.17) is 17.3 Å². The van der Waals surface area contributed by atoms with Crippen LogP contribution in [-0.4, -0.2) is 19.9 Å². The largest absolute Gasteiger partial charge is 0.388 e. The topological polar surface area (TPSA) is 53.8 Å². The molecule has 0 saturated heterocycles. The van der Waals surface area contributed by atoms with E-state index in [1.807, 2.05) is 4.57 Å². The highest BCUT2D eigenvalue weighted by atomic mass is 32.1. The third-order valence-corrected chi connectivity index (χ3v) is 2.28. The van der Waals surface area contributed by atoms with Crippen LogP contribution in [0.4, 0.5) is 0 Å². The number of aromatic nitrogens is 3. The van der Waals surface area contributed by atoms with Crippen molar-refractivity contribution >= 4 is 12.2 Å². The Labute approximate surface area is 82.6 Å². The number of unbranched alkanes of at least 4 members (excludes halogenated alkanes) is 2. The Morgan fingerprint density at radius 2 is 2.31 bits per heavy atom. The fraction of sp³-hybridized carbons (Fsp3) is 0.750. The van der Waals surface area contributed by atoms with E-state index in [9.17, 15) is 0 Å². The fourth-order valence-corrected chi connectivity index (χ4v) is 1.46. The van der Waals surface area contributed by atoms with E-state index in [0.29, 0.717) is 10.6 Å². The lowest BCUT2D eigenvalue weighted by atomic mass is 10.2. The summed E-state index contributed by atoms with van der Waals surface area (Å²) < 4.78 is 2.45. The number of rotatable bonds is 5. The second-order valence-electron chi connectivity index (χ2n) is 2.96. The van der Waals surface area contributed by atoms with Crippen LogP contribution in [0.15, 0.2) is 0 Å². The highest BCUT2D eigenvalue weighted by molar-refractivity contribution is 7.71. The molecule has 1 heterocycles. The summed E-state index contributed by atoms with van der Waals surface area (Å²) >= 11 is 5.02. The highest BCUT2D eigenvalue weighted by Crippen LogP contribution is 2.02. The number of nitrogens with one attached hydrogen (secondary N) is 1. The third-order valence-electron chi connectivity index (χ3n) is 1.96. The normalized spacial score (nSPS) is 10.6. The maximum Gasteiger partial charge on any atom is 0.195 e. The minimum Gasteiger partial charge on any atom is -0.388 e. The lowest BCUT2D eigenvalue weighted by Crippen LogP contribution is -2.04. The lowest BCUT2D eigenvalue weighted by Gasteiger charge is -2.03. The predicted molar refractivity (Wildman–Crippen MR) is 52.9 cm³/mol. The molecule has 0 spiro atoms. The van der Waals surface area contributed by atoms with E-state index in [-0.39, 0.29) is 6.61 Å². The van der Waals surface area contributed by atoms with E-state index in [1.165, 1.54) is 12.8 Å². The molecule has 4 nitrogen and oxygen atoms in total. The van der Waals surface area contributed by atoms with E-state index >= 15 is 0 Å². The molecule has 0 aliphatic rings. The van der Waals surface area contributed by atoms with Gasteiger partial charge >= 0.3 is 0 Å². The van der Waals surface area contributed by atoms with Gasteiger partial charge in [-0.1, -0.05) is 19.8 Å². The fourth-order valence-electron chi connectivity index (χ4n) is 1.22. The number of hydrogen-bond donors (Lipinski definition) is 2. The smallest absolute Gasteiger partial charge is 0.195 e. The molecule has 13 heavy (non-hydrogen) atoms. The minimum atomic E-state index is -0.0563.